The van der Waals surface area contributed by atoms with E-state index in [1.165, 1.54) is 16.7 Å². The van der Waals surface area contributed by atoms with Gasteiger partial charge in [0.25, 0.3) is 0 Å². The Morgan fingerprint density at radius 1 is 0.952 bits per heavy atom. The van der Waals surface area contributed by atoms with Crippen LogP contribution < -0.4 is 0 Å². The molecule has 0 spiro atoms. The molecule has 2 heteroatoms. The topological polar surface area (TPSA) is 0 Å². The SMILES string of the molecule is CC(C)c1ccccc1C(=S)SC(C)(C)c1ccccc1. The van der Waals surface area contributed by atoms with Gasteiger partial charge >= 0.3 is 0 Å². The third-order valence-corrected chi connectivity index (χ3v) is 5.24. The molecule has 0 saturated heterocycles. The molecule has 2 aromatic carbocycles. The third-order valence-electron chi connectivity index (χ3n) is 3.62. The highest BCUT2D eigenvalue weighted by atomic mass is 32.2. The van der Waals surface area contributed by atoms with Gasteiger partial charge in [0.15, 0.2) is 0 Å². The average Bonchev–Trinajstić information content (AvgIpc) is 2.47. The summed E-state index contributed by atoms with van der Waals surface area (Å²) in [4.78, 5) is 0. The largest absolute Gasteiger partial charge is 0.103 e. The smallest absolute Gasteiger partial charge is 0.0789 e. The van der Waals surface area contributed by atoms with Crippen molar-refractivity contribution < 1.29 is 0 Å². The molecule has 0 aliphatic carbocycles. The van der Waals surface area contributed by atoms with Crippen LogP contribution in [0.5, 0.6) is 0 Å². The van der Waals surface area contributed by atoms with Crippen LogP contribution in [0.3, 0.4) is 0 Å². The zero-order valence-electron chi connectivity index (χ0n) is 13.1. The standard InChI is InChI=1S/C19H22S2/c1-14(2)16-12-8-9-13-17(16)18(20)21-19(3,4)15-10-6-5-7-11-15/h5-14H,1-4H3. The van der Waals surface area contributed by atoms with Crippen molar-refractivity contribution >= 4 is 28.2 Å². The number of rotatable bonds is 4. The van der Waals surface area contributed by atoms with E-state index in [9.17, 15) is 0 Å². The van der Waals surface area contributed by atoms with Crippen molar-refractivity contribution in [1.82, 2.24) is 0 Å². The van der Waals surface area contributed by atoms with E-state index in [2.05, 4.69) is 82.3 Å². The van der Waals surface area contributed by atoms with E-state index < -0.39 is 0 Å². The second-order valence-corrected chi connectivity index (χ2v) is 8.31. The number of thioether (sulfide) groups is 1. The van der Waals surface area contributed by atoms with Crippen LogP contribution in [0.15, 0.2) is 54.6 Å². The molecule has 0 bridgehead atoms. The van der Waals surface area contributed by atoms with Gasteiger partial charge in [-0.2, -0.15) is 0 Å². The predicted octanol–water partition coefficient (Wildman–Crippen LogP) is 6.15. The van der Waals surface area contributed by atoms with E-state index in [4.69, 9.17) is 12.2 Å². The lowest BCUT2D eigenvalue weighted by molar-refractivity contribution is 0.788. The molecule has 110 valence electrons. The molecule has 0 amide bonds. The zero-order chi connectivity index (χ0) is 15.5. The van der Waals surface area contributed by atoms with E-state index in [0.717, 1.165) is 4.20 Å². The first-order chi connectivity index (χ1) is 9.92. The molecule has 0 unspecified atom stereocenters. The zero-order valence-corrected chi connectivity index (χ0v) is 14.7. The van der Waals surface area contributed by atoms with Crippen LogP contribution in [0, 0.1) is 0 Å². The molecule has 0 nitrogen and oxygen atoms in total. The molecule has 0 radical (unpaired) electrons. The molecule has 0 atom stereocenters. The number of hydrogen-bond acceptors (Lipinski definition) is 2. The van der Waals surface area contributed by atoms with Gasteiger partial charge in [-0.1, -0.05) is 80.7 Å². The van der Waals surface area contributed by atoms with Crippen LogP contribution >= 0.6 is 24.0 Å². The maximum atomic E-state index is 5.74. The first kappa shape index (κ1) is 16.3. The van der Waals surface area contributed by atoms with Crippen molar-refractivity contribution in [1.29, 1.82) is 0 Å². The maximum Gasteiger partial charge on any atom is 0.0789 e. The molecule has 0 N–H and O–H groups in total. The molecular weight excluding hydrogens is 292 g/mol. The Balaban J connectivity index is 2.26. The second-order valence-electron chi connectivity index (χ2n) is 6.01. The van der Waals surface area contributed by atoms with Crippen molar-refractivity contribution in [2.24, 2.45) is 0 Å². The quantitative estimate of drug-likeness (QED) is 0.620. The Morgan fingerprint density at radius 2 is 1.52 bits per heavy atom. The van der Waals surface area contributed by atoms with Crippen LogP contribution in [0.1, 0.15) is 50.3 Å². The lowest BCUT2D eigenvalue weighted by atomic mass is 9.98. The summed E-state index contributed by atoms with van der Waals surface area (Å²) in [6, 6.07) is 19.1. The first-order valence-electron chi connectivity index (χ1n) is 7.29. The van der Waals surface area contributed by atoms with Gasteiger partial charge in [-0.3, -0.25) is 0 Å². The molecule has 0 aliphatic heterocycles. The fraction of sp³-hybridized carbons (Fsp3) is 0.316. The Kier molecular flexibility index (Phi) is 5.23. The van der Waals surface area contributed by atoms with Gasteiger partial charge in [-0.25, -0.2) is 0 Å². The molecule has 0 heterocycles. The summed E-state index contributed by atoms with van der Waals surface area (Å²) in [5, 5.41) is 0. The molecule has 0 aromatic heterocycles. The summed E-state index contributed by atoms with van der Waals surface area (Å²) in [5.74, 6) is 0.486. The van der Waals surface area contributed by atoms with Gasteiger partial charge in [0, 0.05) is 10.3 Å². The number of hydrogen-bond donors (Lipinski definition) is 0. The van der Waals surface area contributed by atoms with Crippen molar-refractivity contribution in [3.63, 3.8) is 0 Å². The molecular formula is C19H22S2. The summed E-state index contributed by atoms with van der Waals surface area (Å²) >= 11 is 7.51. The fourth-order valence-corrected chi connectivity index (χ4v) is 4.20. The molecule has 0 aliphatic rings. The van der Waals surface area contributed by atoms with Crippen molar-refractivity contribution in [2.75, 3.05) is 0 Å². The van der Waals surface area contributed by atoms with Gasteiger partial charge in [0.1, 0.15) is 0 Å². The van der Waals surface area contributed by atoms with Crippen LogP contribution in [0.4, 0.5) is 0 Å². The maximum absolute atomic E-state index is 5.74. The summed E-state index contributed by atoms with van der Waals surface area (Å²) in [6.45, 7) is 8.90. The summed E-state index contributed by atoms with van der Waals surface area (Å²) < 4.78 is 0.954. The number of benzene rings is 2. The fourth-order valence-electron chi connectivity index (χ4n) is 2.37. The van der Waals surface area contributed by atoms with Crippen molar-refractivity contribution in [3.8, 4) is 0 Å². The van der Waals surface area contributed by atoms with Gasteiger partial charge in [0.05, 0.1) is 4.20 Å². The third kappa shape index (κ3) is 3.96. The van der Waals surface area contributed by atoms with E-state index >= 15 is 0 Å². The first-order valence-corrected chi connectivity index (χ1v) is 8.52. The monoisotopic (exact) mass is 314 g/mol. The van der Waals surface area contributed by atoms with Gasteiger partial charge in [0.2, 0.25) is 0 Å². The highest BCUT2D eigenvalue weighted by Crippen LogP contribution is 2.39. The normalized spacial score (nSPS) is 11.7. The Morgan fingerprint density at radius 3 is 2.14 bits per heavy atom. The highest BCUT2D eigenvalue weighted by Gasteiger charge is 2.24. The molecule has 21 heavy (non-hydrogen) atoms. The molecule has 2 rings (SSSR count). The molecule has 0 fully saturated rings. The number of thiocarbonyl (C=S) groups is 1. The Bertz CT molecular complexity index is 612. The minimum Gasteiger partial charge on any atom is -0.103 e. The van der Waals surface area contributed by atoms with Gasteiger partial charge in [-0.15, -0.1) is 11.8 Å². The van der Waals surface area contributed by atoms with Crippen LogP contribution in [-0.4, -0.2) is 4.20 Å². The van der Waals surface area contributed by atoms with Gasteiger partial charge < -0.3 is 0 Å². The van der Waals surface area contributed by atoms with Crippen LogP contribution in [-0.2, 0) is 4.75 Å². The summed E-state index contributed by atoms with van der Waals surface area (Å²) in [6.07, 6.45) is 0. The lowest BCUT2D eigenvalue weighted by Gasteiger charge is -2.26. The minimum absolute atomic E-state index is 0.0254. The second kappa shape index (κ2) is 6.76. The van der Waals surface area contributed by atoms with E-state index in [-0.39, 0.29) is 4.75 Å². The Hall–Kier alpha value is -1.12. The summed E-state index contributed by atoms with van der Waals surface area (Å²) in [5.41, 5.74) is 3.84. The van der Waals surface area contributed by atoms with E-state index in [1.807, 2.05) is 0 Å². The Labute approximate surface area is 138 Å². The van der Waals surface area contributed by atoms with E-state index in [0.29, 0.717) is 5.92 Å². The lowest BCUT2D eigenvalue weighted by Crippen LogP contribution is -2.15. The van der Waals surface area contributed by atoms with Gasteiger partial charge in [-0.05, 0) is 30.9 Å². The van der Waals surface area contributed by atoms with E-state index in [1.54, 1.807) is 11.8 Å². The van der Waals surface area contributed by atoms with Crippen molar-refractivity contribution in [2.45, 2.75) is 38.4 Å². The summed E-state index contributed by atoms with van der Waals surface area (Å²) in [7, 11) is 0. The van der Waals surface area contributed by atoms with Crippen LogP contribution in [0.25, 0.3) is 0 Å². The molecule has 0 saturated carbocycles. The van der Waals surface area contributed by atoms with Crippen LogP contribution in [0.2, 0.25) is 0 Å². The minimum atomic E-state index is -0.0254. The highest BCUT2D eigenvalue weighted by molar-refractivity contribution is 8.24. The average molecular weight is 315 g/mol. The predicted molar refractivity (Wildman–Crippen MR) is 99.3 cm³/mol. The van der Waals surface area contributed by atoms with Crippen molar-refractivity contribution in [3.05, 3.63) is 71.3 Å². The molecule has 2 aromatic rings.